The Morgan fingerprint density at radius 1 is 1.12 bits per heavy atom. The maximum atomic E-state index is 13.6. The first-order chi connectivity index (χ1) is 11.5. The maximum absolute atomic E-state index is 13.6. The first-order valence-electron chi connectivity index (χ1n) is 8.52. The Labute approximate surface area is 140 Å². The second-order valence-electron chi connectivity index (χ2n) is 6.56. The third-order valence-corrected chi connectivity index (χ3v) is 4.77. The van der Waals surface area contributed by atoms with Gasteiger partial charge in [-0.1, -0.05) is 6.92 Å². The molecular formula is C19H23F3N2. The summed E-state index contributed by atoms with van der Waals surface area (Å²) in [7, 11) is 0. The van der Waals surface area contributed by atoms with Crippen molar-refractivity contribution in [2.75, 3.05) is 0 Å². The third-order valence-electron chi connectivity index (χ3n) is 4.77. The van der Waals surface area contributed by atoms with E-state index in [4.69, 9.17) is 0 Å². The average molecular weight is 336 g/mol. The van der Waals surface area contributed by atoms with Gasteiger partial charge in [-0.2, -0.15) is 0 Å². The summed E-state index contributed by atoms with van der Waals surface area (Å²) in [4.78, 5) is 0. The van der Waals surface area contributed by atoms with E-state index in [1.807, 2.05) is 24.5 Å². The highest BCUT2D eigenvalue weighted by Gasteiger charge is 2.24. The lowest BCUT2D eigenvalue weighted by atomic mass is 10.1. The zero-order valence-corrected chi connectivity index (χ0v) is 14.1. The molecule has 130 valence electrons. The topological polar surface area (TPSA) is 17.0 Å². The number of hydrogen-bond acceptors (Lipinski definition) is 1. The second-order valence-corrected chi connectivity index (χ2v) is 6.56. The van der Waals surface area contributed by atoms with Gasteiger partial charge in [-0.3, -0.25) is 0 Å². The van der Waals surface area contributed by atoms with E-state index >= 15 is 0 Å². The molecule has 1 N–H and O–H groups in total. The summed E-state index contributed by atoms with van der Waals surface area (Å²) in [6, 6.07) is 5.81. The molecule has 2 atom stereocenters. The molecule has 1 aromatic heterocycles. The summed E-state index contributed by atoms with van der Waals surface area (Å²) < 4.78 is 42.3. The second kappa shape index (κ2) is 7.01. The van der Waals surface area contributed by atoms with Gasteiger partial charge in [0.2, 0.25) is 0 Å². The molecule has 2 aromatic rings. The van der Waals surface area contributed by atoms with Gasteiger partial charge >= 0.3 is 0 Å². The number of hydrogen-bond donors (Lipinski definition) is 1. The first kappa shape index (κ1) is 17.1. The lowest BCUT2D eigenvalue weighted by molar-refractivity contribution is 0.333. The lowest BCUT2D eigenvalue weighted by Gasteiger charge is -2.14. The van der Waals surface area contributed by atoms with Gasteiger partial charge < -0.3 is 9.88 Å². The highest BCUT2D eigenvalue weighted by molar-refractivity contribution is 5.42. The number of benzene rings is 1. The Morgan fingerprint density at radius 2 is 1.83 bits per heavy atom. The number of nitrogens with zero attached hydrogens (tertiary/aromatic N) is 1. The Bertz CT molecular complexity index is 703. The van der Waals surface area contributed by atoms with Crippen LogP contribution in [0.1, 0.15) is 43.1 Å². The maximum Gasteiger partial charge on any atom is 0.128 e. The molecule has 0 spiro atoms. The van der Waals surface area contributed by atoms with Gasteiger partial charge in [0, 0.05) is 30.0 Å². The molecule has 0 aliphatic heterocycles. The van der Waals surface area contributed by atoms with Crippen molar-refractivity contribution in [2.45, 2.75) is 58.3 Å². The highest BCUT2D eigenvalue weighted by Crippen LogP contribution is 2.25. The molecule has 1 fully saturated rings. The van der Waals surface area contributed by atoms with Crippen LogP contribution in [-0.2, 0) is 13.0 Å². The van der Waals surface area contributed by atoms with E-state index in [0.29, 0.717) is 25.1 Å². The number of halogens is 3. The van der Waals surface area contributed by atoms with Gasteiger partial charge in [-0.25, -0.2) is 13.2 Å². The van der Waals surface area contributed by atoms with Crippen LogP contribution >= 0.6 is 0 Å². The van der Waals surface area contributed by atoms with Crippen LogP contribution in [0.2, 0.25) is 0 Å². The standard InChI is InChI=1S/C19H23F3N2/c1-3-19-13(11-23-17-5-4-14(20)8-17)6-12(2)24(19)18-9-15(21)7-16(22)10-18/h6-7,9-10,14,17,23H,3-5,8,11H2,1-2H3/t14-,17+/m1/s1. The Hall–Kier alpha value is -1.75. The zero-order chi connectivity index (χ0) is 17.3. The summed E-state index contributed by atoms with van der Waals surface area (Å²) in [6.07, 6.45) is 2.10. The van der Waals surface area contributed by atoms with Crippen molar-refractivity contribution in [1.29, 1.82) is 0 Å². The van der Waals surface area contributed by atoms with E-state index < -0.39 is 17.8 Å². The van der Waals surface area contributed by atoms with Crippen LogP contribution in [0.25, 0.3) is 5.69 Å². The highest BCUT2D eigenvalue weighted by atomic mass is 19.1. The molecule has 1 aliphatic carbocycles. The van der Waals surface area contributed by atoms with Crippen molar-refractivity contribution < 1.29 is 13.2 Å². The van der Waals surface area contributed by atoms with Crippen LogP contribution in [0, 0.1) is 18.6 Å². The molecule has 1 saturated carbocycles. The van der Waals surface area contributed by atoms with E-state index in [2.05, 4.69) is 5.32 Å². The fraction of sp³-hybridized carbons (Fsp3) is 0.474. The van der Waals surface area contributed by atoms with Crippen molar-refractivity contribution in [3.05, 3.63) is 52.9 Å². The molecule has 1 heterocycles. The monoisotopic (exact) mass is 336 g/mol. The molecule has 5 heteroatoms. The van der Waals surface area contributed by atoms with Crippen LogP contribution in [0.5, 0.6) is 0 Å². The zero-order valence-electron chi connectivity index (χ0n) is 14.1. The Morgan fingerprint density at radius 3 is 2.42 bits per heavy atom. The minimum Gasteiger partial charge on any atom is -0.318 e. The Balaban J connectivity index is 1.86. The molecule has 1 aliphatic rings. The van der Waals surface area contributed by atoms with Gasteiger partial charge in [0.25, 0.3) is 0 Å². The fourth-order valence-electron chi connectivity index (χ4n) is 3.69. The third kappa shape index (κ3) is 3.51. The molecule has 0 bridgehead atoms. The van der Waals surface area contributed by atoms with Gasteiger partial charge in [0.05, 0.1) is 5.69 Å². The van der Waals surface area contributed by atoms with Crippen molar-refractivity contribution in [3.63, 3.8) is 0 Å². The number of aromatic nitrogens is 1. The number of rotatable bonds is 5. The largest absolute Gasteiger partial charge is 0.318 e. The predicted molar refractivity (Wildman–Crippen MR) is 89.2 cm³/mol. The van der Waals surface area contributed by atoms with Crippen molar-refractivity contribution in [1.82, 2.24) is 9.88 Å². The molecule has 0 radical (unpaired) electrons. The summed E-state index contributed by atoms with van der Waals surface area (Å²) >= 11 is 0. The smallest absolute Gasteiger partial charge is 0.128 e. The van der Waals surface area contributed by atoms with E-state index in [1.54, 1.807) is 0 Å². The summed E-state index contributed by atoms with van der Waals surface area (Å²) in [5, 5.41) is 3.42. The number of nitrogens with one attached hydrogen (secondary N) is 1. The molecule has 3 rings (SSSR count). The fourth-order valence-corrected chi connectivity index (χ4v) is 3.69. The van der Waals surface area contributed by atoms with Crippen molar-refractivity contribution in [2.24, 2.45) is 0 Å². The van der Waals surface area contributed by atoms with E-state index in [0.717, 1.165) is 35.9 Å². The molecule has 0 saturated heterocycles. The summed E-state index contributed by atoms with van der Waals surface area (Å²) in [5.41, 5.74) is 3.56. The average Bonchev–Trinajstić information content (AvgIpc) is 3.06. The van der Waals surface area contributed by atoms with Crippen LogP contribution in [0.3, 0.4) is 0 Å². The lowest BCUT2D eigenvalue weighted by Crippen LogP contribution is -2.26. The summed E-state index contributed by atoms with van der Waals surface area (Å²) in [5.74, 6) is -1.17. The van der Waals surface area contributed by atoms with Gasteiger partial charge in [-0.05, 0) is 56.4 Å². The van der Waals surface area contributed by atoms with Crippen molar-refractivity contribution >= 4 is 0 Å². The van der Waals surface area contributed by atoms with Crippen LogP contribution in [0.15, 0.2) is 24.3 Å². The summed E-state index contributed by atoms with van der Waals surface area (Å²) in [6.45, 7) is 4.60. The minimum absolute atomic E-state index is 0.208. The normalized spacial score (nSPS) is 20.7. The van der Waals surface area contributed by atoms with Gasteiger partial charge in [0.1, 0.15) is 17.8 Å². The van der Waals surface area contributed by atoms with E-state index in [9.17, 15) is 13.2 Å². The minimum atomic E-state index is -0.699. The number of aryl methyl sites for hydroxylation is 1. The van der Waals surface area contributed by atoms with E-state index in [1.165, 1.54) is 12.1 Å². The SMILES string of the molecule is CCc1c(CN[C@H]2CC[C@@H](F)C2)cc(C)n1-c1cc(F)cc(F)c1. The quantitative estimate of drug-likeness (QED) is 0.844. The first-order valence-corrected chi connectivity index (χ1v) is 8.52. The van der Waals surface area contributed by atoms with Crippen LogP contribution < -0.4 is 5.32 Å². The van der Waals surface area contributed by atoms with Gasteiger partial charge in [-0.15, -0.1) is 0 Å². The van der Waals surface area contributed by atoms with Crippen molar-refractivity contribution in [3.8, 4) is 5.69 Å². The van der Waals surface area contributed by atoms with E-state index in [-0.39, 0.29) is 6.04 Å². The molecule has 0 amide bonds. The molecule has 2 nitrogen and oxygen atoms in total. The van der Waals surface area contributed by atoms with Crippen LogP contribution in [-0.4, -0.2) is 16.8 Å². The van der Waals surface area contributed by atoms with Crippen LogP contribution in [0.4, 0.5) is 13.2 Å². The Kier molecular flexibility index (Phi) is 4.99. The molecular weight excluding hydrogens is 313 g/mol. The van der Waals surface area contributed by atoms with Gasteiger partial charge in [0.15, 0.2) is 0 Å². The number of alkyl halides is 1. The molecule has 1 aromatic carbocycles. The molecule has 0 unspecified atom stereocenters. The predicted octanol–water partition coefficient (Wildman–Crippen LogP) is 4.61. The molecule has 24 heavy (non-hydrogen) atoms.